The van der Waals surface area contributed by atoms with Gasteiger partial charge >= 0.3 is 0 Å². The highest BCUT2D eigenvalue weighted by molar-refractivity contribution is 5.63. The van der Waals surface area contributed by atoms with E-state index in [0.29, 0.717) is 11.9 Å². The van der Waals surface area contributed by atoms with Gasteiger partial charge in [-0.2, -0.15) is 5.10 Å². The van der Waals surface area contributed by atoms with Crippen molar-refractivity contribution in [1.82, 2.24) is 20.1 Å². The first kappa shape index (κ1) is 17.8. The van der Waals surface area contributed by atoms with Gasteiger partial charge in [-0.1, -0.05) is 24.3 Å². The number of hydrogen-bond acceptors (Lipinski definition) is 6. The molecule has 134 valence electrons. The van der Waals surface area contributed by atoms with Crippen LogP contribution < -0.4 is 5.32 Å². The molecule has 1 aliphatic heterocycles. The zero-order valence-electron chi connectivity index (χ0n) is 15.1. The van der Waals surface area contributed by atoms with Gasteiger partial charge in [-0.05, 0) is 44.3 Å². The summed E-state index contributed by atoms with van der Waals surface area (Å²) >= 11 is 0. The Labute approximate surface area is 149 Å². The standard InChI is InChI=1S/C19H27N5O/c1-15-5-3-4-6-17(15)18-14-21-23-19(22-18)20-13-16-7-9-24(10-8-16)11-12-25-2/h3-6,14,16H,7-13H2,1-2H3,(H,20,22,23). The number of rotatable bonds is 7. The van der Waals surface area contributed by atoms with Crippen LogP contribution in [0.4, 0.5) is 5.95 Å². The topological polar surface area (TPSA) is 63.2 Å². The molecule has 1 N–H and O–H groups in total. The molecule has 0 spiro atoms. The minimum atomic E-state index is 0.613. The number of benzene rings is 1. The number of anilines is 1. The van der Waals surface area contributed by atoms with Crippen LogP contribution in [0.1, 0.15) is 18.4 Å². The highest BCUT2D eigenvalue weighted by Gasteiger charge is 2.19. The van der Waals surface area contributed by atoms with E-state index in [4.69, 9.17) is 4.74 Å². The Morgan fingerprint density at radius 3 is 2.80 bits per heavy atom. The summed E-state index contributed by atoms with van der Waals surface area (Å²) in [6.45, 7) is 7.10. The predicted molar refractivity (Wildman–Crippen MR) is 99.5 cm³/mol. The molecule has 2 heterocycles. The molecule has 0 saturated carbocycles. The maximum atomic E-state index is 5.16. The third-order valence-corrected chi connectivity index (χ3v) is 4.85. The highest BCUT2D eigenvalue weighted by atomic mass is 16.5. The number of aryl methyl sites for hydroxylation is 1. The van der Waals surface area contributed by atoms with Gasteiger partial charge in [-0.15, -0.1) is 5.10 Å². The molecule has 0 amide bonds. The Kier molecular flexibility index (Phi) is 6.30. The second kappa shape index (κ2) is 8.87. The summed E-state index contributed by atoms with van der Waals surface area (Å²) in [5, 5.41) is 11.6. The number of likely N-dealkylation sites (tertiary alicyclic amines) is 1. The molecular formula is C19H27N5O. The second-order valence-corrected chi connectivity index (χ2v) is 6.64. The van der Waals surface area contributed by atoms with Crippen LogP contribution in [-0.2, 0) is 4.74 Å². The maximum absolute atomic E-state index is 5.16. The van der Waals surface area contributed by atoms with Crippen molar-refractivity contribution in [3.63, 3.8) is 0 Å². The first-order valence-electron chi connectivity index (χ1n) is 8.97. The van der Waals surface area contributed by atoms with Gasteiger partial charge in [0.05, 0.1) is 18.5 Å². The molecule has 0 aliphatic carbocycles. The van der Waals surface area contributed by atoms with Gasteiger partial charge in [0.1, 0.15) is 0 Å². The zero-order chi connectivity index (χ0) is 17.5. The van der Waals surface area contributed by atoms with E-state index in [1.807, 2.05) is 12.1 Å². The monoisotopic (exact) mass is 341 g/mol. The van der Waals surface area contributed by atoms with Crippen LogP contribution >= 0.6 is 0 Å². The molecular weight excluding hydrogens is 314 g/mol. The third-order valence-electron chi connectivity index (χ3n) is 4.85. The fourth-order valence-corrected chi connectivity index (χ4v) is 3.24. The Balaban J connectivity index is 1.53. The summed E-state index contributed by atoms with van der Waals surface area (Å²) in [4.78, 5) is 7.10. The quantitative estimate of drug-likeness (QED) is 0.835. The number of methoxy groups -OCH3 is 1. The van der Waals surface area contributed by atoms with Crippen molar-refractivity contribution in [2.75, 3.05) is 45.2 Å². The SMILES string of the molecule is COCCN1CCC(CNc2nncc(-c3ccccc3C)n2)CC1. The molecule has 0 radical (unpaired) electrons. The van der Waals surface area contributed by atoms with E-state index in [1.54, 1.807) is 13.3 Å². The van der Waals surface area contributed by atoms with Crippen LogP contribution in [0.25, 0.3) is 11.3 Å². The predicted octanol–water partition coefficient (Wildman–Crippen LogP) is 2.62. The number of hydrogen-bond donors (Lipinski definition) is 1. The first-order valence-corrected chi connectivity index (χ1v) is 8.97. The van der Waals surface area contributed by atoms with Crippen LogP contribution in [0.15, 0.2) is 30.5 Å². The lowest BCUT2D eigenvalue weighted by Crippen LogP contribution is -2.37. The smallest absolute Gasteiger partial charge is 0.243 e. The average molecular weight is 341 g/mol. The minimum absolute atomic E-state index is 0.613. The summed E-state index contributed by atoms with van der Waals surface area (Å²) in [5.74, 6) is 1.27. The van der Waals surface area contributed by atoms with Gasteiger partial charge in [-0.25, -0.2) is 4.98 Å². The van der Waals surface area contributed by atoms with E-state index < -0.39 is 0 Å². The van der Waals surface area contributed by atoms with Crippen molar-refractivity contribution in [1.29, 1.82) is 0 Å². The zero-order valence-corrected chi connectivity index (χ0v) is 15.1. The van der Waals surface area contributed by atoms with Crippen molar-refractivity contribution in [3.8, 4) is 11.3 Å². The fourth-order valence-electron chi connectivity index (χ4n) is 3.24. The van der Waals surface area contributed by atoms with Crippen LogP contribution in [-0.4, -0.2) is 60.0 Å². The maximum Gasteiger partial charge on any atom is 0.243 e. The molecule has 0 atom stereocenters. The Bertz CT molecular complexity index is 670. The highest BCUT2D eigenvalue weighted by Crippen LogP contribution is 2.21. The van der Waals surface area contributed by atoms with E-state index >= 15 is 0 Å². The Morgan fingerprint density at radius 1 is 1.24 bits per heavy atom. The van der Waals surface area contributed by atoms with E-state index in [1.165, 1.54) is 18.4 Å². The van der Waals surface area contributed by atoms with Gasteiger partial charge in [0.2, 0.25) is 5.95 Å². The van der Waals surface area contributed by atoms with Crippen LogP contribution in [0.3, 0.4) is 0 Å². The molecule has 6 heteroatoms. The van der Waals surface area contributed by atoms with E-state index in [0.717, 1.165) is 44.0 Å². The summed E-state index contributed by atoms with van der Waals surface area (Å²) in [7, 11) is 1.76. The number of aromatic nitrogens is 3. The van der Waals surface area contributed by atoms with Gasteiger partial charge in [0.15, 0.2) is 0 Å². The third kappa shape index (κ3) is 4.96. The lowest BCUT2D eigenvalue weighted by molar-refractivity contribution is 0.122. The summed E-state index contributed by atoms with van der Waals surface area (Å²) in [6, 6.07) is 8.21. The normalized spacial score (nSPS) is 16.1. The molecule has 1 aromatic heterocycles. The first-order chi connectivity index (χ1) is 12.3. The van der Waals surface area contributed by atoms with Crippen molar-refractivity contribution in [3.05, 3.63) is 36.0 Å². The van der Waals surface area contributed by atoms with Crippen molar-refractivity contribution >= 4 is 5.95 Å². The number of nitrogens with zero attached hydrogens (tertiary/aromatic N) is 4. The Morgan fingerprint density at radius 2 is 2.04 bits per heavy atom. The van der Waals surface area contributed by atoms with Crippen molar-refractivity contribution in [2.45, 2.75) is 19.8 Å². The molecule has 1 fully saturated rings. The summed E-state index contributed by atoms with van der Waals surface area (Å²) in [5.41, 5.74) is 3.16. The van der Waals surface area contributed by atoms with Gasteiger partial charge in [0.25, 0.3) is 0 Å². The van der Waals surface area contributed by atoms with Gasteiger partial charge in [-0.3, -0.25) is 0 Å². The number of ether oxygens (including phenoxy) is 1. The fraction of sp³-hybridized carbons (Fsp3) is 0.526. The number of piperidine rings is 1. The van der Waals surface area contributed by atoms with Crippen molar-refractivity contribution < 1.29 is 4.74 Å². The summed E-state index contributed by atoms with van der Waals surface area (Å²) in [6.07, 6.45) is 4.12. The van der Waals surface area contributed by atoms with E-state index in [-0.39, 0.29) is 0 Å². The van der Waals surface area contributed by atoms with Crippen LogP contribution in [0, 0.1) is 12.8 Å². The summed E-state index contributed by atoms with van der Waals surface area (Å²) < 4.78 is 5.16. The van der Waals surface area contributed by atoms with E-state index in [2.05, 4.69) is 44.5 Å². The molecule has 2 aromatic rings. The van der Waals surface area contributed by atoms with Crippen molar-refractivity contribution in [2.24, 2.45) is 5.92 Å². The largest absolute Gasteiger partial charge is 0.383 e. The molecule has 1 aliphatic rings. The molecule has 6 nitrogen and oxygen atoms in total. The Hall–Kier alpha value is -2.05. The van der Waals surface area contributed by atoms with E-state index in [9.17, 15) is 0 Å². The lowest BCUT2D eigenvalue weighted by Gasteiger charge is -2.31. The molecule has 25 heavy (non-hydrogen) atoms. The average Bonchev–Trinajstić information content (AvgIpc) is 2.66. The molecule has 0 bridgehead atoms. The molecule has 3 rings (SSSR count). The second-order valence-electron chi connectivity index (χ2n) is 6.64. The molecule has 1 saturated heterocycles. The van der Waals surface area contributed by atoms with Gasteiger partial charge in [0, 0.05) is 25.8 Å². The number of nitrogens with one attached hydrogen (secondary N) is 1. The van der Waals surface area contributed by atoms with Crippen LogP contribution in [0.2, 0.25) is 0 Å². The lowest BCUT2D eigenvalue weighted by atomic mass is 9.97. The van der Waals surface area contributed by atoms with Crippen LogP contribution in [0.5, 0.6) is 0 Å². The minimum Gasteiger partial charge on any atom is -0.383 e. The van der Waals surface area contributed by atoms with Gasteiger partial charge < -0.3 is 15.0 Å². The molecule has 1 aromatic carbocycles. The molecule has 0 unspecified atom stereocenters.